The minimum absolute atomic E-state index is 0. The minimum atomic E-state index is -3.85. The van der Waals surface area contributed by atoms with E-state index in [0.29, 0.717) is 19.5 Å². The van der Waals surface area contributed by atoms with Gasteiger partial charge in [0.15, 0.2) is 0 Å². The van der Waals surface area contributed by atoms with Crippen molar-refractivity contribution in [3.8, 4) is 0 Å². The zero-order valence-corrected chi connectivity index (χ0v) is 18.5. The standard InChI is InChI=1S/C20H28ClN3O5S.2CH4/c21-18-9-8-17(12-19(18)24(26)27)30(28,29)23-11-10-15(14-23)13-22-20(25)16-6-4-2-1-3-5-7-16;;/h8-9,12,15-16H,1-7,10-11,13-14H2,(H,22,25);2*1H4. The zero-order valence-electron chi connectivity index (χ0n) is 16.9. The summed E-state index contributed by atoms with van der Waals surface area (Å²) in [4.78, 5) is 22.8. The van der Waals surface area contributed by atoms with Crippen molar-refractivity contribution in [2.45, 2.75) is 71.1 Å². The first kappa shape index (κ1) is 28.3. The van der Waals surface area contributed by atoms with E-state index in [1.54, 1.807) is 0 Å². The number of nitrogens with one attached hydrogen (secondary N) is 1. The van der Waals surface area contributed by atoms with E-state index < -0.39 is 20.6 Å². The van der Waals surface area contributed by atoms with Crippen LogP contribution in [0, 0.1) is 22.0 Å². The molecule has 1 aliphatic heterocycles. The molecule has 2 aliphatic rings. The first-order valence-corrected chi connectivity index (χ1v) is 12.3. The predicted molar refractivity (Wildman–Crippen MR) is 127 cm³/mol. The van der Waals surface area contributed by atoms with Crippen molar-refractivity contribution in [1.82, 2.24) is 9.62 Å². The van der Waals surface area contributed by atoms with Gasteiger partial charge in [-0.05, 0) is 37.3 Å². The number of rotatable bonds is 6. The Morgan fingerprint density at radius 3 is 2.38 bits per heavy atom. The van der Waals surface area contributed by atoms with Gasteiger partial charge < -0.3 is 5.32 Å². The van der Waals surface area contributed by atoms with Gasteiger partial charge in [-0.2, -0.15) is 4.31 Å². The van der Waals surface area contributed by atoms with Crippen LogP contribution in [0.3, 0.4) is 0 Å². The average molecular weight is 490 g/mol. The van der Waals surface area contributed by atoms with Gasteiger partial charge >= 0.3 is 0 Å². The summed E-state index contributed by atoms with van der Waals surface area (Å²) in [7, 11) is -3.85. The number of amides is 1. The smallest absolute Gasteiger partial charge is 0.289 e. The molecule has 32 heavy (non-hydrogen) atoms. The van der Waals surface area contributed by atoms with Crippen molar-refractivity contribution in [2.75, 3.05) is 19.6 Å². The van der Waals surface area contributed by atoms with Crippen molar-refractivity contribution in [2.24, 2.45) is 11.8 Å². The maximum atomic E-state index is 12.9. The Balaban J connectivity index is 0.00000256. The Bertz CT molecular complexity index is 886. The molecule has 0 bridgehead atoms. The van der Waals surface area contributed by atoms with E-state index in [2.05, 4.69) is 5.32 Å². The quantitative estimate of drug-likeness (QED) is 0.446. The minimum Gasteiger partial charge on any atom is -0.356 e. The Kier molecular flexibility index (Phi) is 11.1. The SMILES string of the molecule is C.C.O=C(NCC1CCN(S(=O)(=O)c2ccc(Cl)c([N+](=O)[O-])c2)C1)C1CCCCCCC1. The van der Waals surface area contributed by atoms with E-state index in [1.165, 1.54) is 35.7 Å². The molecule has 1 heterocycles. The molecule has 1 aromatic carbocycles. The largest absolute Gasteiger partial charge is 0.356 e. The van der Waals surface area contributed by atoms with Crippen LogP contribution in [0.5, 0.6) is 0 Å². The number of carbonyl (C=O) groups excluding carboxylic acids is 1. The molecule has 182 valence electrons. The van der Waals surface area contributed by atoms with Crippen LogP contribution in [-0.4, -0.2) is 43.2 Å². The van der Waals surface area contributed by atoms with Gasteiger partial charge in [-0.1, -0.05) is 58.6 Å². The number of hydrogen-bond donors (Lipinski definition) is 1. The van der Waals surface area contributed by atoms with Gasteiger partial charge in [-0.3, -0.25) is 14.9 Å². The Morgan fingerprint density at radius 2 is 1.75 bits per heavy atom. The molecule has 1 saturated heterocycles. The van der Waals surface area contributed by atoms with E-state index in [9.17, 15) is 23.3 Å². The van der Waals surface area contributed by atoms with E-state index in [0.717, 1.165) is 31.7 Å². The summed E-state index contributed by atoms with van der Waals surface area (Å²) in [5.74, 6) is 0.159. The third-order valence-corrected chi connectivity index (χ3v) is 8.22. The van der Waals surface area contributed by atoms with Crippen LogP contribution in [0.1, 0.15) is 66.2 Å². The second kappa shape index (κ2) is 12.5. The summed E-state index contributed by atoms with van der Waals surface area (Å²) < 4.78 is 27.1. The first-order chi connectivity index (χ1) is 14.3. The molecule has 1 aliphatic carbocycles. The van der Waals surface area contributed by atoms with E-state index in [1.807, 2.05) is 0 Å². The van der Waals surface area contributed by atoms with Crippen LogP contribution in [-0.2, 0) is 14.8 Å². The number of sulfonamides is 1. The predicted octanol–water partition coefficient (Wildman–Crippen LogP) is 5.01. The molecule has 1 N–H and O–H groups in total. The molecular weight excluding hydrogens is 454 g/mol. The summed E-state index contributed by atoms with van der Waals surface area (Å²) in [6.07, 6.45) is 8.27. The fourth-order valence-electron chi connectivity index (χ4n) is 4.23. The van der Waals surface area contributed by atoms with Crippen LogP contribution >= 0.6 is 11.6 Å². The first-order valence-electron chi connectivity index (χ1n) is 10.5. The van der Waals surface area contributed by atoms with Gasteiger partial charge in [0.2, 0.25) is 15.9 Å². The molecule has 2 fully saturated rings. The fraction of sp³-hybridized carbons (Fsp3) is 0.682. The zero-order chi connectivity index (χ0) is 21.7. The molecule has 1 aromatic rings. The van der Waals surface area contributed by atoms with Gasteiger partial charge in [-0.15, -0.1) is 0 Å². The summed E-state index contributed by atoms with van der Waals surface area (Å²) in [6.45, 7) is 1.05. The van der Waals surface area contributed by atoms with Crippen LogP contribution in [0.15, 0.2) is 23.1 Å². The highest BCUT2D eigenvalue weighted by molar-refractivity contribution is 7.89. The lowest BCUT2D eigenvalue weighted by Crippen LogP contribution is -2.36. The Labute approximate surface area is 196 Å². The molecule has 1 saturated carbocycles. The van der Waals surface area contributed by atoms with Crippen LogP contribution in [0.2, 0.25) is 5.02 Å². The number of hydrogen-bond acceptors (Lipinski definition) is 5. The van der Waals surface area contributed by atoms with Crippen molar-refractivity contribution >= 4 is 33.2 Å². The van der Waals surface area contributed by atoms with Crippen LogP contribution in [0.4, 0.5) is 5.69 Å². The third kappa shape index (κ3) is 6.89. The molecule has 8 nitrogen and oxygen atoms in total. The monoisotopic (exact) mass is 489 g/mol. The maximum Gasteiger partial charge on any atom is 0.289 e. The molecule has 10 heteroatoms. The van der Waals surface area contributed by atoms with E-state index in [4.69, 9.17) is 11.6 Å². The van der Waals surface area contributed by atoms with Crippen molar-refractivity contribution < 1.29 is 18.1 Å². The molecule has 3 rings (SSSR count). The lowest BCUT2D eigenvalue weighted by atomic mass is 9.90. The molecule has 0 radical (unpaired) electrons. The second-order valence-electron chi connectivity index (χ2n) is 8.18. The number of nitro benzene ring substituents is 1. The second-order valence-corrected chi connectivity index (χ2v) is 10.5. The van der Waals surface area contributed by atoms with Crippen molar-refractivity contribution in [1.29, 1.82) is 0 Å². The number of nitro groups is 1. The number of benzene rings is 1. The topological polar surface area (TPSA) is 110 Å². The summed E-state index contributed by atoms with van der Waals surface area (Å²) >= 11 is 5.79. The van der Waals surface area contributed by atoms with E-state index in [-0.39, 0.29) is 49.1 Å². The lowest BCUT2D eigenvalue weighted by molar-refractivity contribution is -0.384. The highest BCUT2D eigenvalue weighted by atomic mass is 35.5. The van der Waals surface area contributed by atoms with Crippen LogP contribution in [0.25, 0.3) is 0 Å². The lowest BCUT2D eigenvalue weighted by Gasteiger charge is -2.20. The van der Waals surface area contributed by atoms with Crippen molar-refractivity contribution in [3.05, 3.63) is 33.3 Å². The number of carbonyl (C=O) groups is 1. The molecule has 0 aromatic heterocycles. The molecule has 1 amide bonds. The molecule has 1 atom stereocenters. The van der Waals surface area contributed by atoms with Gasteiger partial charge in [0, 0.05) is 31.6 Å². The summed E-state index contributed by atoms with van der Waals surface area (Å²) in [6, 6.07) is 3.52. The molecule has 1 unspecified atom stereocenters. The fourth-order valence-corrected chi connectivity index (χ4v) is 5.97. The average Bonchev–Trinajstić information content (AvgIpc) is 3.16. The Hall–Kier alpha value is -1.71. The highest BCUT2D eigenvalue weighted by Gasteiger charge is 2.34. The van der Waals surface area contributed by atoms with Crippen LogP contribution < -0.4 is 5.32 Å². The number of halogens is 1. The molecule has 0 spiro atoms. The van der Waals surface area contributed by atoms with Gasteiger partial charge in [0.25, 0.3) is 5.69 Å². The van der Waals surface area contributed by atoms with Gasteiger partial charge in [-0.25, -0.2) is 8.42 Å². The maximum absolute atomic E-state index is 12.9. The summed E-state index contributed by atoms with van der Waals surface area (Å²) in [5.41, 5.74) is -0.431. The normalized spacial score (nSPS) is 20.3. The number of nitrogens with zero attached hydrogens (tertiary/aromatic N) is 2. The highest BCUT2D eigenvalue weighted by Crippen LogP contribution is 2.30. The summed E-state index contributed by atoms with van der Waals surface area (Å²) in [5, 5.41) is 14.0. The van der Waals surface area contributed by atoms with Gasteiger partial charge in [0.1, 0.15) is 5.02 Å². The third-order valence-electron chi connectivity index (χ3n) is 6.04. The Morgan fingerprint density at radius 1 is 1.12 bits per heavy atom. The van der Waals surface area contributed by atoms with E-state index >= 15 is 0 Å². The van der Waals surface area contributed by atoms with Gasteiger partial charge in [0.05, 0.1) is 9.82 Å². The van der Waals surface area contributed by atoms with Crippen molar-refractivity contribution in [3.63, 3.8) is 0 Å². The molecular formula is C22H36ClN3O5S.